The van der Waals surface area contributed by atoms with Crippen LogP contribution in [0.5, 0.6) is 5.75 Å². The lowest BCUT2D eigenvalue weighted by Crippen LogP contribution is -2.63. The third kappa shape index (κ3) is 6.01. The number of aromatic nitrogens is 1. The van der Waals surface area contributed by atoms with E-state index in [0.29, 0.717) is 5.75 Å². The predicted molar refractivity (Wildman–Crippen MR) is 111 cm³/mol. The molecule has 178 valence electrons. The molecule has 0 radical (unpaired) electrons. The van der Waals surface area contributed by atoms with Gasteiger partial charge in [0.15, 0.2) is 12.2 Å². The van der Waals surface area contributed by atoms with Crippen molar-refractivity contribution in [1.82, 2.24) is 4.98 Å². The molecule has 0 saturated carbocycles. The number of nitrogens with one attached hydrogen (secondary N) is 1. The summed E-state index contributed by atoms with van der Waals surface area (Å²) in [6.45, 7) is 4.36. The van der Waals surface area contributed by atoms with Crippen molar-refractivity contribution in [3.63, 3.8) is 0 Å². The molecule has 1 aliphatic heterocycles. The van der Waals surface area contributed by atoms with Crippen LogP contribution >= 0.6 is 0 Å². The van der Waals surface area contributed by atoms with Gasteiger partial charge in [-0.05, 0) is 18.2 Å². The van der Waals surface area contributed by atoms with Crippen LogP contribution in [0.2, 0.25) is 0 Å². The van der Waals surface area contributed by atoms with Gasteiger partial charge in [0.05, 0.1) is 0 Å². The van der Waals surface area contributed by atoms with Crippen LogP contribution in [-0.4, -0.2) is 66.2 Å². The summed E-state index contributed by atoms with van der Waals surface area (Å²) in [5, 5.41) is 0.727. The van der Waals surface area contributed by atoms with Gasteiger partial charge in [-0.1, -0.05) is 6.07 Å². The summed E-state index contributed by atoms with van der Waals surface area (Å²) >= 11 is 0. The van der Waals surface area contributed by atoms with E-state index in [4.69, 9.17) is 28.4 Å². The van der Waals surface area contributed by atoms with Gasteiger partial charge in [0.2, 0.25) is 12.4 Å². The zero-order valence-corrected chi connectivity index (χ0v) is 18.6. The second-order valence-electron chi connectivity index (χ2n) is 7.38. The summed E-state index contributed by atoms with van der Waals surface area (Å²) < 4.78 is 33.2. The largest absolute Gasteiger partial charge is 0.463 e. The number of carbonyl (C=O) groups is 4. The Hall–Kier alpha value is -3.60. The van der Waals surface area contributed by atoms with E-state index in [1.807, 2.05) is 6.07 Å². The van der Waals surface area contributed by atoms with Crippen LogP contribution in [0.25, 0.3) is 10.9 Å². The molecule has 1 N–H and O–H groups in total. The molecule has 3 unspecified atom stereocenters. The summed E-state index contributed by atoms with van der Waals surface area (Å²) in [6.07, 6.45) is -4.46. The van der Waals surface area contributed by atoms with Crippen molar-refractivity contribution < 1.29 is 47.6 Å². The maximum absolute atomic E-state index is 11.9. The molecule has 1 aromatic carbocycles. The SMILES string of the molecule is CC(=O)OCC1O[C@@H](Oc2cccc3[nH]ccc23)C(OC(C)=O)C(OC(C)=O)[C@H]1OC(C)=O. The summed E-state index contributed by atoms with van der Waals surface area (Å²) in [5.41, 5.74) is 0.790. The van der Waals surface area contributed by atoms with E-state index in [1.54, 1.807) is 24.4 Å². The number of aromatic amines is 1. The van der Waals surface area contributed by atoms with Crippen molar-refractivity contribution in [3.05, 3.63) is 30.5 Å². The molecule has 2 heterocycles. The summed E-state index contributed by atoms with van der Waals surface area (Å²) in [5.74, 6) is -2.31. The number of esters is 4. The minimum absolute atomic E-state index is 0.327. The monoisotopic (exact) mass is 463 g/mol. The zero-order valence-electron chi connectivity index (χ0n) is 18.6. The molecular formula is C22H25NO10. The molecule has 3 rings (SSSR count). The van der Waals surface area contributed by atoms with Gasteiger partial charge in [-0.3, -0.25) is 19.2 Å². The van der Waals surface area contributed by atoms with Crippen LogP contribution < -0.4 is 4.74 Å². The Bertz CT molecular complexity index is 1030. The standard InChI is InChI=1S/C22H25NO10/c1-11(24)28-10-18-19(29-12(2)25)20(30-13(3)26)21(31-14(4)27)22(33-18)32-17-7-5-6-16-15(17)8-9-23-16/h5-9,18-23H,10H2,1-4H3/t18?,19-,20?,21?,22+/m0/s1. The molecule has 1 saturated heterocycles. The summed E-state index contributed by atoms with van der Waals surface area (Å²) in [4.78, 5) is 50.0. The lowest BCUT2D eigenvalue weighted by Gasteiger charge is -2.43. The van der Waals surface area contributed by atoms with E-state index < -0.39 is 54.6 Å². The molecule has 11 heteroatoms. The maximum Gasteiger partial charge on any atom is 0.303 e. The number of hydrogen-bond acceptors (Lipinski definition) is 10. The molecular weight excluding hydrogens is 438 g/mol. The van der Waals surface area contributed by atoms with Crippen LogP contribution in [0, 0.1) is 0 Å². The molecule has 5 atom stereocenters. The average Bonchev–Trinajstić information content (AvgIpc) is 3.20. The highest BCUT2D eigenvalue weighted by Crippen LogP contribution is 2.33. The van der Waals surface area contributed by atoms with Crippen LogP contribution in [0.1, 0.15) is 27.7 Å². The molecule has 1 aliphatic rings. The van der Waals surface area contributed by atoms with Gasteiger partial charge in [0, 0.05) is 44.8 Å². The second kappa shape index (κ2) is 10.3. The van der Waals surface area contributed by atoms with E-state index in [0.717, 1.165) is 24.8 Å². The van der Waals surface area contributed by atoms with Crippen molar-refractivity contribution in [1.29, 1.82) is 0 Å². The lowest BCUT2D eigenvalue weighted by molar-refractivity contribution is -0.288. The molecule has 2 aromatic rings. The Morgan fingerprint density at radius 3 is 2.12 bits per heavy atom. The minimum Gasteiger partial charge on any atom is -0.463 e. The minimum atomic E-state index is -1.29. The first-order valence-corrected chi connectivity index (χ1v) is 10.2. The smallest absolute Gasteiger partial charge is 0.303 e. The van der Waals surface area contributed by atoms with Crippen LogP contribution in [-0.2, 0) is 42.9 Å². The Labute approximate surface area is 189 Å². The first-order valence-electron chi connectivity index (χ1n) is 10.2. The van der Waals surface area contributed by atoms with E-state index >= 15 is 0 Å². The Kier molecular flexibility index (Phi) is 7.54. The number of fused-ring (bicyclic) bond motifs is 1. The molecule has 11 nitrogen and oxygen atoms in total. The van der Waals surface area contributed by atoms with Crippen molar-refractivity contribution >= 4 is 34.8 Å². The topological polar surface area (TPSA) is 139 Å². The van der Waals surface area contributed by atoms with Crippen LogP contribution in [0.4, 0.5) is 0 Å². The molecule has 0 aliphatic carbocycles. The third-order valence-electron chi connectivity index (χ3n) is 4.75. The molecule has 0 spiro atoms. The molecule has 0 bridgehead atoms. The fourth-order valence-corrected chi connectivity index (χ4v) is 3.57. The number of ether oxygens (including phenoxy) is 6. The first-order chi connectivity index (χ1) is 15.7. The van der Waals surface area contributed by atoms with Crippen molar-refractivity contribution in [2.24, 2.45) is 0 Å². The zero-order chi connectivity index (χ0) is 24.1. The van der Waals surface area contributed by atoms with E-state index in [-0.39, 0.29) is 6.61 Å². The lowest BCUT2D eigenvalue weighted by atomic mass is 9.98. The Morgan fingerprint density at radius 1 is 0.848 bits per heavy atom. The second-order valence-corrected chi connectivity index (χ2v) is 7.38. The van der Waals surface area contributed by atoms with Crippen molar-refractivity contribution in [2.45, 2.75) is 58.4 Å². The Balaban J connectivity index is 2.01. The number of benzene rings is 1. The van der Waals surface area contributed by atoms with E-state index in [1.165, 1.54) is 13.8 Å². The highest BCUT2D eigenvalue weighted by Gasteiger charge is 2.53. The molecule has 1 aromatic heterocycles. The summed E-state index contributed by atoms with van der Waals surface area (Å²) in [6, 6.07) is 7.06. The van der Waals surface area contributed by atoms with Gasteiger partial charge >= 0.3 is 23.9 Å². The normalized spacial score (nSPS) is 24.5. The average molecular weight is 463 g/mol. The van der Waals surface area contributed by atoms with Crippen LogP contribution in [0.15, 0.2) is 30.5 Å². The fourth-order valence-electron chi connectivity index (χ4n) is 3.57. The fraction of sp³-hybridized carbons (Fsp3) is 0.455. The van der Waals surface area contributed by atoms with Gasteiger partial charge in [-0.25, -0.2) is 0 Å². The van der Waals surface area contributed by atoms with Crippen molar-refractivity contribution in [3.8, 4) is 5.75 Å². The quantitative estimate of drug-likeness (QED) is 0.476. The summed E-state index contributed by atoms with van der Waals surface area (Å²) in [7, 11) is 0. The molecule has 1 fully saturated rings. The molecule has 0 amide bonds. The molecule has 33 heavy (non-hydrogen) atoms. The van der Waals surface area contributed by atoms with E-state index in [2.05, 4.69) is 4.98 Å². The highest BCUT2D eigenvalue weighted by molar-refractivity contribution is 5.85. The third-order valence-corrected chi connectivity index (χ3v) is 4.75. The number of carbonyl (C=O) groups excluding carboxylic acids is 4. The van der Waals surface area contributed by atoms with Gasteiger partial charge in [-0.2, -0.15) is 0 Å². The number of H-pyrrole nitrogens is 1. The Morgan fingerprint density at radius 2 is 1.48 bits per heavy atom. The van der Waals surface area contributed by atoms with Gasteiger partial charge in [0.25, 0.3) is 0 Å². The van der Waals surface area contributed by atoms with Gasteiger partial charge in [0.1, 0.15) is 18.5 Å². The maximum atomic E-state index is 11.9. The van der Waals surface area contributed by atoms with Gasteiger partial charge in [-0.15, -0.1) is 0 Å². The first kappa shape index (κ1) is 24.1. The predicted octanol–water partition coefficient (Wildman–Crippen LogP) is 1.63. The van der Waals surface area contributed by atoms with E-state index in [9.17, 15) is 19.2 Å². The van der Waals surface area contributed by atoms with Crippen molar-refractivity contribution in [2.75, 3.05) is 6.61 Å². The number of rotatable bonds is 7. The number of hydrogen-bond donors (Lipinski definition) is 1. The highest BCUT2D eigenvalue weighted by atomic mass is 16.7. The van der Waals surface area contributed by atoms with Gasteiger partial charge < -0.3 is 33.4 Å². The van der Waals surface area contributed by atoms with Crippen LogP contribution in [0.3, 0.4) is 0 Å².